The van der Waals surface area contributed by atoms with E-state index in [9.17, 15) is 48.6 Å². The molecule has 18 heteroatoms. The number of hydrogen-bond acceptors (Lipinski definition) is 11. The molecule has 0 aliphatic carbocycles. The molecular weight excluding hydrogens is 827 g/mol. The molecule has 0 saturated carbocycles. The molecule has 352 valence electrons. The first-order chi connectivity index (χ1) is 30.2. The molecule has 0 bridgehead atoms. The second-order valence-electron chi connectivity index (χ2n) is 17.3. The van der Waals surface area contributed by atoms with Gasteiger partial charge in [0.25, 0.3) is 0 Å². The quantitative estimate of drug-likeness (QED) is 0.110. The number of nitrogens with one attached hydrogen (secondary N) is 7. The first-order valence-corrected chi connectivity index (χ1v) is 21.9. The molecule has 9 N–H and O–H groups in total. The van der Waals surface area contributed by atoms with Gasteiger partial charge in [-0.1, -0.05) is 102 Å². The van der Waals surface area contributed by atoms with Crippen LogP contribution in [0.5, 0.6) is 0 Å². The lowest BCUT2D eigenvalue weighted by atomic mass is 9.99. The Bertz CT molecular complexity index is 1900. The second kappa shape index (κ2) is 25.4. The summed E-state index contributed by atoms with van der Waals surface area (Å²) in [4.78, 5) is 111. The first kappa shape index (κ1) is 52.5. The third-order valence-electron chi connectivity index (χ3n) is 10.8. The SMILES string of the molecule is CCC(C)C(=O)N[C@H](Cc1ccccc1)C(=O)N[C@H]1C(=O)N[C@H](CC(C)C)C(=O)N[C@H](Cc2ccccc2)C(=O)N[C@@H](CC(C)C)C(=O)N[C@H]([C@@H](C)O)C(=O)N[C@@H](CO)C(=O)O[C@H]1C. The Balaban J connectivity index is 2.17. The van der Waals surface area contributed by atoms with Crippen molar-refractivity contribution in [2.45, 2.75) is 142 Å². The average Bonchev–Trinajstić information content (AvgIpc) is 3.24. The van der Waals surface area contributed by atoms with Crippen LogP contribution in [0.15, 0.2) is 60.7 Å². The van der Waals surface area contributed by atoms with E-state index in [2.05, 4.69) is 37.2 Å². The van der Waals surface area contributed by atoms with Crippen molar-refractivity contribution in [2.24, 2.45) is 17.8 Å². The van der Waals surface area contributed by atoms with Crippen LogP contribution in [0.2, 0.25) is 0 Å². The number of aliphatic hydroxyl groups is 2. The zero-order chi connectivity index (χ0) is 47.7. The van der Waals surface area contributed by atoms with Crippen molar-refractivity contribution >= 4 is 47.3 Å². The van der Waals surface area contributed by atoms with E-state index in [1.807, 2.05) is 6.92 Å². The number of carbonyl (C=O) groups is 8. The molecule has 1 unspecified atom stereocenters. The molecule has 0 spiro atoms. The van der Waals surface area contributed by atoms with Crippen molar-refractivity contribution in [3.63, 3.8) is 0 Å². The highest BCUT2D eigenvalue weighted by molar-refractivity contribution is 5.98. The van der Waals surface area contributed by atoms with Crippen molar-refractivity contribution in [1.82, 2.24) is 37.2 Å². The van der Waals surface area contributed by atoms with E-state index < -0.39 is 114 Å². The van der Waals surface area contributed by atoms with Crippen LogP contribution in [0.4, 0.5) is 0 Å². The Morgan fingerprint density at radius 3 is 1.66 bits per heavy atom. The number of rotatable bonds is 15. The number of cyclic esters (lactones) is 1. The molecule has 3 rings (SSSR count). The molecular formula is C46H67N7O11. The number of ether oxygens (including phenoxy) is 1. The normalized spacial score (nSPS) is 24.5. The predicted octanol–water partition coefficient (Wildman–Crippen LogP) is 0.322. The summed E-state index contributed by atoms with van der Waals surface area (Å²) in [5.41, 5.74) is 1.34. The van der Waals surface area contributed by atoms with E-state index in [4.69, 9.17) is 4.74 Å². The maximum atomic E-state index is 14.5. The van der Waals surface area contributed by atoms with Gasteiger partial charge in [0, 0.05) is 18.8 Å². The summed E-state index contributed by atoms with van der Waals surface area (Å²) < 4.78 is 5.62. The number of carbonyl (C=O) groups excluding carboxylic acids is 8. The Morgan fingerprint density at radius 1 is 0.656 bits per heavy atom. The molecule has 1 saturated heterocycles. The monoisotopic (exact) mass is 893 g/mol. The Labute approximate surface area is 375 Å². The summed E-state index contributed by atoms with van der Waals surface area (Å²) in [6.45, 7) is 12.2. The molecule has 0 radical (unpaired) electrons. The van der Waals surface area contributed by atoms with Crippen LogP contribution in [0.1, 0.15) is 85.8 Å². The molecule has 7 amide bonds. The molecule has 18 nitrogen and oxygen atoms in total. The molecule has 1 aliphatic heterocycles. The molecule has 2 aromatic carbocycles. The van der Waals surface area contributed by atoms with Crippen LogP contribution in [-0.4, -0.2) is 119 Å². The number of amides is 7. The molecule has 64 heavy (non-hydrogen) atoms. The summed E-state index contributed by atoms with van der Waals surface area (Å²) in [6, 6.07) is 7.26. The molecule has 2 aromatic rings. The molecule has 1 fully saturated rings. The summed E-state index contributed by atoms with van der Waals surface area (Å²) >= 11 is 0. The fourth-order valence-corrected chi connectivity index (χ4v) is 6.91. The number of hydrogen-bond donors (Lipinski definition) is 9. The molecule has 1 heterocycles. The lowest BCUT2D eigenvalue weighted by Gasteiger charge is -2.30. The fourth-order valence-electron chi connectivity index (χ4n) is 6.91. The van der Waals surface area contributed by atoms with Crippen molar-refractivity contribution in [3.8, 4) is 0 Å². The highest BCUT2D eigenvalue weighted by Gasteiger charge is 2.39. The summed E-state index contributed by atoms with van der Waals surface area (Å²) in [5.74, 6) is -7.79. The third kappa shape index (κ3) is 16.3. The van der Waals surface area contributed by atoms with E-state index in [1.165, 1.54) is 13.8 Å². The van der Waals surface area contributed by atoms with Crippen molar-refractivity contribution in [2.75, 3.05) is 6.61 Å². The van der Waals surface area contributed by atoms with Gasteiger partial charge in [-0.2, -0.15) is 0 Å². The average molecular weight is 894 g/mol. The van der Waals surface area contributed by atoms with Crippen molar-refractivity contribution in [3.05, 3.63) is 71.8 Å². The van der Waals surface area contributed by atoms with Crippen molar-refractivity contribution in [1.29, 1.82) is 0 Å². The Morgan fingerprint density at radius 2 is 1.14 bits per heavy atom. The minimum absolute atomic E-state index is 0.0121. The zero-order valence-corrected chi connectivity index (χ0v) is 38.0. The van der Waals surface area contributed by atoms with E-state index in [0.29, 0.717) is 17.5 Å². The first-order valence-electron chi connectivity index (χ1n) is 21.9. The van der Waals surface area contributed by atoms with Gasteiger partial charge in [-0.05, 0) is 56.1 Å². The minimum atomic E-state index is -1.79. The van der Waals surface area contributed by atoms with Gasteiger partial charge in [0.2, 0.25) is 41.4 Å². The van der Waals surface area contributed by atoms with E-state index in [-0.39, 0.29) is 37.5 Å². The van der Waals surface area contributed by atoms with Gasteiger partial charge in [0.05, 0.1) is 12.7 Å². The van der Waals surface area contributed by atoms with Gasteiger partial charge in [0.15, 0.2) is 6.04 Å². The standard InChI is InChI=1S/C46H67N7O11/c1-9-27(6)39(56)47-35(23-31-18-14-11-15-19-31)43(60)53-38-29(8)64-46(63)36(24-54)51-44(61)37(28(7)55)52-42(59)33(21-26(4)5)48-41(58)34(22-30-16-12-10-13-17-30)49-40(57)32(20-25(2)3)50-45(38)62/h10-19,25-29,32-38,54-55H,9,20-24H2,1-8H3,(H,47,56)(H,48,58)(H,49,57)(H,50,62)(H,51,61)(H,52,59)(H,53,60)/t27?,28-,29+,32-,33+,34-,35-,36+,37-,38-/m1/s1. The van der Waals surface area contributed by atoms with Gasteiger partial charge >= 0.3 is 5.97 Å². The fraction of sp³-hybridized carbons (Fsp3) is 0.565. The third-order valence-corrected chi connectivity index (χ3v) is 10.8. The van der Waals surface area contributed by atoms with Gasteiger partial charge in [-0.3, -0.25) is 33.6 Å². The second-order valence-corrected chi connectivity index (χ2v) is 17.3. The number of aliphatic hydroxyl groups excluding tert-OH is 2. The smallest absolute Gasteiger partial charge is 0.331 e. The van der Waals surface area contributed by atoms with Gasteiger partial charge in [-0.25, -0.2) is 4.79 Å². The summed E-state index contributed by atoms with van der Waals surface area (Å²) in [6.07, 6.45) is -2.51. The Hall–Kier alpha value is -5.88. The van der Waals surface area contributed by atoms with Crippen LogP contribution in [0, 0.1) is 17.8 Å². The lowest BCUT2D eigenvalue weighted by molar-refractivity contribution is -0.157. The van der Waals surface area contributed by atoms with E-state index in [0.717, 1.165) is 0 Å². The van der Waals surface area contributed by atoms with Gasteiger partial charge in [0.1, 0.15) is 42.4 Å². The van der Waals surface area contributed by atoms with Gasteiger partial charge in [-0.15, -0.1) is 0 Å². The lowest BCUT2D eigenvalue weighted by Crippen LogP contribution is -2.62. The van der Waals surface area contributed by atoms with Crippen LogP contribution in [0.25, 0.3) is 0 Å². The van der Waals surface area contributed by atoms with Crippen LogP contribution in [0.3, 0.4) is 0 Å². The Kier molecular flexibility index (Phi) is 20.8. The van der Waals surface area contributed by atoms with Crippen LogP contribution in [-0.2, 0) is 55.9 Å². The zero-order valence-electron chi connectivity index (χ0n) is 38.0. The summed E-state index contributed by atoms with van der Waals surface area (Å²) in [7, 11) is 0. The maximum Gasteiger partial charge on any atom is 0.331 e. The van der Waals surface area contributed by atoms with Crippen LogP contribution < -0.4 is 37.2 Å². The maximum absolute atomic E-state index is 14.5. The summed E-state index contributed by atoms with van der Waals surface area (Å²) in [5, 5.41) is 39.1. The van der Waals surface area contributed by atoms with E-state index >= 15 is 0 Å². The minimum Gasteiger partial charge on any atom is -0.458 e. The van der Waals surface area contributed by atoms with Crippen molar-refractivity contribution < 1.29 is 53.3 Å². The molecule has 10 atom stereocenters. The largest absolute Gasteiger partial charge is 0.458 e. The number of benzene rings is 2. The number of esters is 1. The van der Waals surface area contributed by atoms with Gasteiger partial charge < -0.3 is 52.2 Å². The highest BCUT2D eigenvalue weighted by atomic mass is 16.5. The topological polar surface area (TPSA) is 270 Å². The predicted molar refractivity (Wildman–Crippen MR) is 236 cm³/mol. The van der Waals surface area contributed by atoms with E-state index in [1.54, 1.807) is 95.3 Å². The molecule has 1 aliphatic rings. The highest BCUT2D eigenvalue weighted by Crippen LogP contribution is 2.14. The molecule has 0 aromatic heterocycles. The van der Waals surface area contributed by atoms with Crippen LogP contribution >= 0.6 is 0 Å².